The van der Waals surface area contributed by atoms with E-state index in [1.54, 1.807) is 16.0 Å². The highest BCUT2D eigenvalue weighted by atomic mass is 16.2. The number of urea groups is 3. The topological polar surface area (TPSA) is 116 Å². The maximum atomic E-state index is 10.7. The molecule has 0 radical (unpaired) electrons. The molecule has 0 unspecified atom stereocenters. The molecular formula is C6H10N4O4. The van der Waals surface area contributed by atoms with Crippen LogP contribution in [0.25, 0.3) is 0 Å². The summed E-state index contributed by atoms with van der Waals surface area (Å²) in [6.45, 7) is 1.11. The number of hydrogen-bond acceptors (Lipinski definition) is 4. The molecule has 0 heterocycles. The van der Waals surface area contributed by atoms with Crippen molar-refractivity contribution in [3.63, 3.8) is 0 Å². The monoisotopic (exact) mass is 202 g/mol. The molecule has 0 fully saturated rings. The summed E-state index contributed by atoms with van der Waals surface area (Å²) in [7, 11) is 1.30. The fourth-order valence-electron chi connectivity index (χ4n) is 0.491. The van der Waals surface area contributed by atoms with Gasteiger partial charge in [-0.1, -0.05) is 0 Å². The van der Waals surface area contributed by atoms with Gasteiger partial charge in [-0.3, -0.25) is 20.7 Å². The van der Waals surface area contributed by atoms with E-state index in [1.807, 2.05) is 0 Å². The zero-order valence-electron chi connectivity index (χ0n) is 7.63. The minimum Gasteiger partial charge on any atom is -0.341 e. The van der Waals surface area contributed by atoms with Gasteiger partial charge in [-0.05, 0) is 0 Å². The molecule has 8 nitrogen and oxygen atoms in total. The van der Waals surface area contributed by atoms with Crippen molar-refractivity contribution in [2.24, 2.45) is 0 Å². The number of nitrogens with one attached hydrogen (secondary N) is 4. The van der Waals surface area contributed by atoms with Crippen LogP contribution in [-0.2, 0) is 4.79 Å². The van der Waals surface area contributed by atoms with Gasteiger partial charge < -0.3 is 5.32 Å². The number of imide groups is 3. The first-order valence-electron chi connectivity index (χ1n) is 3.57. The van der Waals surface area contributed by atoms with Gasteiger partial charge in [0.25, 0.3) is 0 Å². The predicted octanol–water partition coefficient (Wildman–Crippen LogP) is -1.12. The van der Waals surface area contributed by atoms with E-state index in [4.69, 9.17) is 0 Å². The van der Waals surface area contributed by atoms with Crippen molar-refractivity contribution in [3.05, 3.63) is 0 Å². The molecule has 0 aromatic heterocycles. The fraction of sp³-hybridized carbons (Fsp3) is 0.333. The quantitative estimate of drug-likeness (QED) is 0.398. The molecule has 14 heavy (non-hydrogen) atoms. The normalized spacial score (nSPS) is 8.43. The van der Waals surface area contributed by atoms with Crippen LogP contribution >= 0.6 is 0 Å². The van der Waals surface area contributed by atoms with Crippen molar-refractivity contribution in [1.29, 1.82) is 0 Å². The molecule has 8 heteroatoms. The summed E-state index contributed by atoms with van der Waals surface area (Å²) >= 11 is 0. The number of hydrogen-bond donors (Lipinski definition) is 4. The van der Waals surface area contributed by atoms with Crippen LogP contribution in [0.2, 0.25) is 0 Å². The van der Waals surface area contributed by atoms with Crippen LogP contribution in [-0.4, -0.2) is 31.0 Å². The molecule has 0 bridgehead atoms. The number of carbonyl (C=O) groups excluding carboxylic acids is 4. The summed E-state index contributed by atoms with van der Waals surface area (Å²) in [5.41, 5.74) is 0. The smallest absolute Gasteiger partial charge is 0.330 e. The Morgan fingerprint density at radius 3 is 1.64 bits per heavy atom. The highest BCUT2D eigenvalue weighted by Gasteiger charge is 2.10. The number of amides is 7. The first-order valence-corrected chi connectivity index (χ1v) is 3.57. The minimum atomic E-state index is -1.02. The lowest BCUT2D eigenvalue weighted by molar-refractivity contribution is -0.117. The molecule has 0 atom stereocenters. The summed E-state index contributed by atoms with van der Waals surface area (Å²) in [6.07, 6.45) is 0. The lowest BCUT2D eigenvalue weighted by Crippen LogP contribution is -2.49. The van der Waals surface area contributed by atoms with Crippen LogP contribution in [0, 0.1) is 0 Å². The molecule has 0 aromatic rings. The molecule has 0 aliphatic rings. The molecule has 0 rings (SSSR count). The van der Waals surface area contributed by atoms with Gasteiger partial charge in [0.2, 0.25) is 5.91 Å². The zero-order valence-corrected chi connectivity index (χ0v) is 7.63. The lowest BCUT2D eigenvalue weighted by atomic mass is 10.7. The largest absolute Gasteiger partial charge is 0.341 e. The van der Waals surface area contributed by atoms with Crippen LogP contribution in [0.3, 0.4) is 0 Å². The molecule has 0 saturated carbocycles. The van der Waals surface area contributed by atoms with Gasteiger partial charge in [0.1, 0.15) is 0 Å². The van der Waals surface area contributed by atoms with E-state index in [9.17, 15) is 19.2 Å². The standard InChI is InChI=1S/C6H10N4O4/c1-3(11)8-5(13)10-6(14)9-4(12)7-2/h1-2H3,(H4,7,8,9,10,11,12,13,14). The molecule has 78 valence electrons. The van der Waals surface area contributed by atoms with Gasteiger partial charge in [-0.2, -0.15) is 0 Å². The lowest BCUT2D eigenvalue weighted by Gasteiger charge is -2.04. The Kier molecular flexibility index (Phi) is 4.68. The second kappa shape index (κ2) is 5.51. The van der Waals surface area contributed by atoms with Gasteiger partial charge in [-0.15, -0.1) is 0 Å². The Morgan fingerprint density at radius 1 is 0.786 bits per heavy atom. The van der Waals surface area contributed by atoms with E-state index in [-0.39, 0.29) is 0 Å². The van der Waals surface area contributed by atoms with Crippen molar-refractivity contribution >= 4 is 24.0 Å². The van der Waals surface area contributed by atoms with E-state index in [0.717, 1.165) is 6.92 Å². The van der Waals surface area contributed by atoms with Gasteiger partial charge >= 0.3 is 18.1 Å². The second-order valence-corrected chi connectivity index (χ2v) is 2.17. The van der Waals surface area contributed by atoms with Crippen molar-refractivity contribution in [2.75, 3.05) is 7.05 Å². The molecule has 0 aromatic carbocycles. The Hall–Kier alpha value is -2.12. The highest BCUT2D eigenvalue weighted by Crippen LogP contribution is 1.69. The zero-order chi connectivity index (χ0) is 11.1. The third kappa shape index (κ3) is 5.52. The summed E-state index contributed by atoms with van der Waals surface area (Å²) in [5.74, 6) is -0.616. The van der Waals surface area contributed by atoms with Crippen LogP contribution < -0.4 is 21.3 Å². The van der Waals surface area contributed by atoms with Gasteiger partial charge in [-0.25, -0.2) is 14.4 Å². The van der Waals surface area contributed by atoms with E-state index in [1.165, 1.54) is 7.05 Å². The van der Waals surface area contributed by atoms with Crippen molar-refractivity contribution < 1.29 is 19.2 Å². The minimum absolute atomic E-state index is 0.616. The highest BCUT2D eigenvalue weighted by molar-refractivity contribution is 6.04. The molecule has 0 aliphatic carbocycles. The summed E-state index contributed by atoms with van der Waals surface area (Å²) in [5, 5.41) is 7.34. The fourth-order valence-corrected chi connectivity index (χ4v) is 0.491. The van der Waals surface area contributed by atoms with E-state index in [2.05, 4.69) is 5.32 Å². The van der Waals surface area contributed by atoms with Crippen LogP contribution in [0.5, 0.6) is 0 Å². The first kappa shape index (κ1) is 11.9. The Balaban J connectivity index is 3.88. The average molecular weight is 202 g/mol. The third-order valence-corrected chi connectivity index (χ3v) is 0.971. The van der Waals surface area contributed by atoms with Gasteiger partial charge in [0.15, 0.2) is 0 Å². The van der Waals surface area contributed by atoms with Gasteiger partial charge in [0.05, 0.1) is 0 Å². The third-order valence-electron chi connectivity index (χ3n) is 0.971. The van der Waals surface area contributed by atoms with Crippen LogP contribution in [0.15, 0.2) is 0 Å². The van der Waals surface area contributed by atoms with Gasteiger partial charge in [0, 0.05) is 14.0 Å². The second-order valence-electron chi connectivity index (χ2n) is 2.17. The van der Waals surface area contributed by atoms with Crippen molar-refractivity contribution in [1.82, 2.24) is 21.3 Å². The van der Waals surface area contributed by atoms with Crippen LogP contribution in [0.4, 0.5) is 14.4 Å². The van der Waals surface area contributed by atoms with Crippen LogP contribution in [0.1, 0.15) is 6.92 Å². The molecule has 4 N–H and O–H groups in total. The first-order chi connectivity index (χ1) is 6.45. The summed E-state index contributed by atoms with van der Waals surface area (Å²) in [4.78, 5) is 42.3. The van der Waals surface area contributed by atoms with E-state index in [0.29, 0.717) is 0 Å². The van der Waals surface area contributed by atoms with E-state index >= 15 is 0 Å². The molecule has 0 aliphatic heterocycles. The SMILES string of the molecule is CNC(=O)NC(=O)NC(=O)NC(C)=O. The van der Waals surface area contributed by atoms with Crippen molar-refractivity contribution in [3.8, 4) is 0 Å². The predicted molar refractivity (Wildman–Crippen MR) is 45.3 cm³/mol. The maximum Gasteiger partial charge on any atom is 0.330 e. The van der Waals surface area contributed by atoms with Crippen molar-refractivity contribution in [2.45, 2.75) is 6.92 Å². The number of rotatable bonds is 0. The molecular weight excluding hydrogens is 192 g/mol. The van der Waals surface area contributed by atoms with E-state index < -0.39 is 24.0 Å². The molecule has 7 amide bonds. The Labute approximate surface area is 79.4 Å². The number of carbonyl (C=O) groups is 4. The summed E-state index contributed by atoms with van der Waals surface area (Å²) in [6, 6.07) is -2.79. The average Bonchev–Trinajstić information content (AvgIpc) is 2.01. The maximum absolute atomic E-state index is 10.7. The Morgan fingerprint density at radius 2 is 1.21 bits per heavy atom. The molecule has 0 spiro atoms. The molecule has 0 saturated heterocycles. The summed E-state index contributed by atoms with van der Waals surface area (Å²) < 4.78 is 0. The Bertz CT molecular complexity index is 275.